The summed E-state index contributed by atoms with van der Waals surface area (Å²) < 4.78 is 5.11. The van der Waals surface area contributed by atoms with Crippen LogP contribution in [-0.2, 0) is 14.3 Å². The predicted octanol–water partition coefficient (Wildman–Crippen LogP) is 2.48. The maximum Gasteiger partial charge on any atom is 0.321 e. The second-order valence-corrected chi connectivity index (χ2v) is 8.04. The smallest absolute Gasteiger partial charge is 0.321 e. The lowest BCUT2D eigenvalue weighted by Gasteiger charge is -2.15. The molecule has 0 saturated heterocycles. The third kappa shape index (κ3) is 5.39. The van der Waals surface area contributed by atoms with Gasteiger partial charge in [0.1, 0.15) is 16.2 Å². The van der Waals surface area contributed by atoms with Gasteiger partial charge in [-0.25, -0.2) is 14.8 Å². The van der Waals surface area contributed by atoms with Crippen molar-refractivity contribution in [2.45, 2.75) is 49.8 Å². The van der Waals surface area contributed by atoms with Crippen LogP contribution < -0.4 is 10.6 Å². The zero-order valence-electron chi connectivity index (χ0n) is 14.8. The number of hydrogen-bond donors (Lipinski definition) is 2. The van der Waals surface area contributed by atoms with Crippen molar-refractivity contribution < 1.29 is 19.1 Å². The molecule has 0 radical (unpaired) electrons. The summed E-state index contributed by atoms with van der Waals surface area (Å²) in [6, 6.07) is 1.45. The molecule has 0 aromatic carbocycles. The van der Waals surface area contributed by atoms with Crippen LogP contribution in [0.3, 0.4) is 0 Å². The van der Waals surface area contributed by atoms with E-state index in [0.717, 1.165) is 35.9 Å². The topological polar surface area (TPSA) is 110 Å². The number of nitrogens with one attached hydrogen (secondary N) is 2. The molecule has 1 aliphatic carbocycles. The number of rotatable bonds is 6. The zero-order chi connectivity index (χ0) is 19.2. The van der Waals surface area contributed by atoms with Gasteiger partial charge in [0.2, 0.25) is 0 Å². The largest absolute Gasteiger partial charge is 0.452 e. The number of nitrogens with zero attached hydrogens (tertiary/aromatic N) is 2. The number of esters is 1. The highest BCUT2D eigenvalue weighted by Crippen LogP contribution is 2.27. The Kier molecular flexibility index (Phi) is 6.62. The Morgan fingerprint density at radius 2 is 2.11 bits per heavy atom. The lowest BCUT2D eigenvalue weighted by atomic mass is 10.2. The van der Waals surface area contributed by atoms with Crippen molar-refractivity contribution in [3.8, 4) is 0 Å². The van der Waals surface area contributed by atoms with E-state index in [1.165, 1.54) is 36.3 Å². The first kappa shape index (κ1) is 19.6. The highest BCUT2D eigenvalue weighted by atomic mass is 32.2. The Hall–Kier alpha value is -2.20. The molecule has 1 aliphatic rings. The summed E-state index contributed by atoms with van der Waals surface area (Å²) in [4.78, 5) is 45.0. The van der Waals surface area contributed by atoms with Crippen molar-refractivity contribution in [1.82, 2.24) is 20.6 Å². The van der Waals surface area contributed by atoms with Gasteiger partial charge in [-0.2, -0.15) is 0 Å². The molecule has 0 aliphatic heterocycles. The second-order valence-electron chi connectivity index (χ2n) is 6.18. The molecule has 27 heavy (non-hydrogen) atoms. The van der Waals surface area contributed by atoms with E-state index in [0.29, 0.717) is 5.03 Å². The van der Waals surface area contributed by atoms with E-state index in [1.54, 1.807) is 0 Å². The van der Waals surface area contributed by atoms with Crippen molar-refractivity contribution >= 4 is 51.2 Å². The molecule has 1 fully saturated rings. The minimum atomic E-state index is -1.06. The summed E-state index contributed by atoms with van der Waals surface area (Å²) in [6.07, 6.45) is 4.39. The summed E-state index contributed by atoms with van der Waals surface area (Å²) in [6.45, 7) is 1.43. The average Bonchev–Trinajstić information content (AvgIpc) is 3.31. The van der Waals surface area contributed by atoms with Gasteiger partial charge in [-0.3, -0.25) is 14.9 Å². The van der Waals surface area contributed by atoms with E-state index in [2.05, 4.69) is 20.6 Å². The number of thiophene rings is 1. The Balaban J connectivity index is 1.43. The van der Waals surface area contributed by atoms with E-state index in [9.17, 15) is 14.4 Å². The van der Waals surface area contributed by atoms with Crippen LogP contribution >= 0.6 is 23.1 Å². The van der Waals surface area contributed by atoms with Gasteiger partial charge in [-0.1, -0.05) is 24.6 Å². The molecule has 3 amide bonds. The van der Waals surface area contributed by atoms with Crippen molar-refractivity contribution in [3.05, 3.63) is 17.8 Å². The normalized spacial score (nSPS) is 15.4. The first-order valence-electron chi connectivity index (χ1n) is 8.65. The molecule has 2 aromatic rings. The Morgan fingerprint density at radius 1 is 1.33 bits per heavy atom. The highest BCUT2D eigenvalue weighted by molar-refractivity contribution is 8.00. The van der Waals surface area contributed by atoms with Gasteiger partial charge >= 0.3 is 12.0 Å². The van der Waals surface area contributed by atoms with E-state index >= 15 is 0 Å². The molecule has 1 saturated carbocycles. The summed E-state index contributed by atoms with van der Waals surface area (Å²) >= 11 is 2.72. The van der Waals surface area contributed by atoms with E-state index in [4.69, 9.17) is 4.74 Å². The first-order valence-corrected chi connectivity index (χ1v) is 10.5. The minimum Gasteiger partial charge on any atom is -0.452 e. The number of carbonyl (C=O) groups is 3. The van der Waals surface area contributed by atoms with Crippen LogP contribution in [-0.4, -0.2) is 45.8 Å². The molecule has 2 N–H and O–H groups in total. The molecule has 0 bridgehead atoms. The summed E-state index contributed by atoms with van der Waals surface area (Å²) in [5.41, 5.74) is 0. The van der Waals surface area contributed by atoms with Crippen LogP contribution in [0.25, 0.3) is 10.2 Å². The Morgan fingerprint density at radius 3 is 2.89 bits per heavy atom. The maximum atomic E-state index is 12.0. The van der Waals surface area contributed by atoms with Crippen LogP contribution in [0.5, 0.6) is 0 Å². The standard InChI is InChI=1S/C17H20N4O4S2/c1-10(14(23)21-17(24)20-11-4-2-3-5-11)25-13(22)8-27-16-12-6-7-26-15(12)18-9-19-16/h6-7,9-11H,2-5,8H2,1H3,(H2,20,21,23,24)/t10-/m0/s1. The minimum absolute atomic E-state index is 0.00779. The number of urea groups is 1. The van der Waals surface area contributed by atoms with E-state index < -0.39 is 24.0 Å². The Bertz CT molecular complexity index is 835. The molecule has 0 spiro atoms. The van der Waals surface area contributed by atoms with Gasteiger partial charge in [-0.05, 0) is 31.2 Å². The van der Waals surface area contributed by atoms with Crippen molar-refractivity contribution in [2.75, 3.05) is 5.75 Å². The highest BCUT2D eigenvalue weighted by Gasteiger charge is 2.22. The van der Waals surface area contributed by atoms with Crippen LogP contribution in [0.1, 0.15) is 32.6 Å². The maximum absolute atomic E-state index is 12.0. The summed E-state index contributed by atoms with van der Waals surface area (Å²) in [5.74, 6) is -1.19. The SMILES string of the molecule is C[C@H](OC(=O)CSc1ncnc2sccc12)C(=O)NC(=O)NC1CCCC1. The van der Waals surface area contributed by atoms with Gasteiger partial charge in [-0.15, -0.1) is 11.3 Å². The average molecular weight is 409 g/mol. The van der Waals surface area contributed by atoms with Crippen LogP contribution in [0.15, 0.2) is 22.8 Å². The van der Waals surface area contributed by atoms with Crippen LogP contribution in [0.4, 0.5) is 4.79 Å². The lowest BCUT2D eigenvalue weighted by molar-refractivity contribution is -0.151. The summed E-state index contributed by atoms with van der Waals surface area (Å²) in [5, 5.41) is 8.44. The van der Waals surface area contributed by atoms with Crippen LogP contribution in [0.2, 0.25) is 0 Å². The first-order chi connectivity index (χ1) is 13.0. The van der Waals surface area contributed by atoms with Crippen molar-refractivity contribution in [3.63, 3.8) is 0 Å². The Labute approximate surface area is 164 Å². The zero-order valence-corrected chi connectivity index (χ0v) is 16.4. The van der Waals surface area contributed by atoms with E-state index in [-0.39, 0.29) is 11.8 Å². The second kappa shape index (κ2) is 9.14. The van der Waals surface area contributed by atoms with Gasteiger partial charge < -0.3 is 10.1 Å². The van der Waals surface area contributed by atoms with Gasteiger partial charge in [0.05, 0.1) is 5.75 Å². The molecule has 2 aromatic heterocycles. The van der Waals surface area contributed by atoms with Gasteiger partial charge in [0.15, 0.2) is 6.10 Å². The molecule has 8 nitrogen and oxygen atoms in total. The number of thioether (sulfide) groups is 1. The molecular weight excluding hydrogens is 388 g/mol. The molecule has 3 rings (SSSR count). The molecule has 10 heteroatoms. The number of ether oxygens (including phenoxy) is 1. The molecular formula is C17H20N4O4S2. The monoisotopic (exact) mass is 408 g/mol. The fraction of sp³-hybridized carbons (Fsp3) is 0.471. The molecule has 144 valence electrons. The fourth-order valence-electron chi connectivity index (χ4n) is 2.80. The van der Waals surface area contributed by atoms with Gasteiger partial charge in [0.25, 0.3) is 5.91 Å². The number of hydrogen-bond acceptors (Lipinski definition) is 8. The number of fused-ring (bicyclic) bond motifs is 1. The predicted molar refractivity (Wildman–Crippen MR) is 103 cm³/mol. The van der Waals surface area contributed by atoms with Gasteiger partial charge in [0, 0.05) is 11.4 Å². The third-order valence-electron chi connectivity index (χ3n) is 4.16. The summed E-state index contributed by atoms with van der Waals surface area (Å²) in [7, 11) is 0. The van der Waals surface area contributed by atoms with Crippen molar-refractivity contribution in [2.24, 2.45) is 0 Å². The molecule has 1 atom stereocenters. The molecule has 0 unspecified atom stereocenters. The number of imide groups is 1. The van der Waals surface area contributed by atoms with E-state index in [1.807, 2.05) is 11.4 Å². The fourth-order valence-corrected chi connectivity index (χ4v) is 4.36. The lowest BCUT2D eigenvalue weighted by Crippen LogP contribution is -2.47. The number of carbonyl (C=O) groups excluding carboxylic acids is 3. The van der Waals surface area contributed by atoms with Crippen LogP contribution in [0, 0.1) is 0 Å². The number of amides is 3. The van der Waals surface area contributed by atoms with Crippen molar-refractivity contribution in [1.29, 1.82) is 0 Å². The quantitative estimate of drug-likeness (QED) is 0.429. The third-order valence-corrected chi connectivity index (χ3v) is 5.96. The number of aromatic nitrogens is 2. The molecule has 2 heterocycles.